The first-order chi connectivity index (χ1) is 10.3. The summed E-state index contributed by atoms with van der Waals surface area (Å²) in [5.74, 6) is -1.05. The van der Waals surface area contributed by atoms with Gasteiger partial charge in [0.15, 0.2) is 5.75 Å². The molecule has 116 valence electrons. The molecule has 22 heavy (non-hydrogen) atoms. The molecular formula is C14H11F3N2O2S. The smallest absolute Gasteiger partial charge is 0.404 e. The lowest BCUT2D eigenvalue weighted by atomic mass is 10.3. The molecule has 1 aromatic carbocycles. The number of hydrogen-bond donors (Lipinski definition) is 1. The Labute approximate surface area is 128 Å². The Bertz CT molecular complexity index is 695. The lowest BCUT2D eigenvalue weighted by molar-refractivity contribution is -0.274. The third kappa shape index (κ3) is 4.88. The number of benzene rings is 1. The van der Waals surface area contributed by atoms with Gasteiger partial charge >= 0.3 is 6.36 Å². The van der Waals surface area contributed by atoms with Crippen LogP contribution in [0, 0.1) is 6.92 Å². The predicted molar refractivity (Wildman–Crippen MR) is 77.6 cm³/mol. The Morgan fingerprint density at radius 3 is 2.73 bits per heavy atom. The van der Waals surface area contributed by atoms with E-state index in [9.17, 15) is 18.0 Å². The van der Waals surface area contributed by atoms with Gasteiger partial charge < -0.3 is 10.1 Å². The number of anilines is 1. The van der Waals surface area contributed by atoms with Crippen molar-refractivity contribution >= 4 is 29.0 Å². The van der Waals surface area contributed by atoms with Gasteiger partial charge in [-0.2, -0.15) is 0 Å². The van der Waals surface area contributed by atoms with Crippen LogP contribution in [0.4, 0.5) is 18.9 Å². The monoisotopic (exact) mass is 328 g/mol. The van der Waals surface area contributed by atoms with Gasteiger partial charge in [-0.1, -0.05) is 12.1 Å². The number of alkyl halides is 3. The van der Waals surface area contributed by atoms with E-state index in [1.165, 1.54) is 41.7 Å². The Hall–Kier alpha value is -2.35. The van der Waals surface area contributed by atoms with E-state index in [1.54, 1.807) is 5.38 Å². The van der Waals surface area contributed by atoms with Crippen molar-refractivity contribution in [2.75, 3.05) is 5.32 Å². The highest BCUT2D eigenvalue weighted by Crippen LogP contribution is 2.29. The molecule has 0 fully saturated rings. The van der Waals surface area contributed by atoms with Gasteiger partial charge in [-0.05, 0) is 25.1 Å². The molecule has 0 saturated heterocycles. The maximum atomic E-state index is 12.3. The van der Waals surface area contributed by atoms with E-state index in [0.29, 0.717) is 5.69 Å². The topological polar surface area (TPSA) is 51.2 Å². The lowest BCUT2D eigenvalue weighted by Gasteiger charge is -2.12. The van der Waals surface area contributed by atoms with Gasteiger partial charge in [0.1, 0.15) is 0 Å². The highest BCUT2D eigenvalue weighted by atomic mass is 32.1. The van der Waals surface area contributed by atoms with Gasteiger partial charge in [0.25, 0.3) is 0 Å². The van der Waals surface area contributed by atoms with Gasteiger partial charge in [-0.3, -0.25) is 4.79 Å². The van der Waals surface area contributed by atoms with E-state index < -0.39 is 18.0 Å². The first kappa shape index (κ1) is 16.0. The third-order valence-corrected chi connectivity index (χ3v) is 3.20. The number of nitrogens with one attached hydrogen (secondary N) is 1. The van der Waals surface area contributed by atoms with E-state index in [4.69, 9.17) is 0 Å². The number of amides is 1. The summed E-state index contributed by atoms with van der Waals surface area (Å²) in [7, 11) is 0. The standard InChI is InChI=1S/C14H11F3N2O2S/c1-9-18-10(8-22-9)6-7-13(20)19-11-4-2-3-5-12(11)21-14(15,16)17/h2-8H,1H3,(H,19,20)/b7-6+. The molecule has 1 amide bonds. The minimum Gasteiger partial charge on any atom is -0.404 e. The summed E-state index contributed by atoms with van der Waals surface area (Å²) in [6.07, 6.45) is -2.15. The van der Waals surface area contributed by atoms with Gasteiger partial charge in [0.2, 0.25) is 5.91 Å². The second kappa shape index (κ2) is 6.61. The molecule has 0 bridgehead atoms. The molecule has 0 unspecified atom stereocenters. The average molecular weight is 328 g/mol. The summed E-state index contributed by atoms with van der Waals surface area (Å²) >= 11 is 1.43. The maximum absolute atomic E-state index is 12.3. The van der Waals surface area contributed by atoms with Crippen molar-refractivity contribution in [1.82, 2.24) is 4.98 Å². The molecule has 4 nitrogen and oxygen atoms in total. The second-order valence-corrected chi connectivity index (χ2v) is 5.22. The molecule has 0 saturated carbocycles. The van der Waals surface area contributed by atoms with Crippen molar-refractivity contribution < 1.29 is 22.7 Å². The van der Waals surface area contributed by atoms with Crippen LogP contribution in [0.5, 0.6) is 5.75 Å². The summed E-state index contributed by atoms with van der Waals surface area (Å²) in [4.78, 5) is 15.9. The van der Waals surface area contributed by atoms with Crippen LogP contribution in [-0.4, -0.2) is 17.3 Å². The van der Waals surface area contributed by atoms with Crippen molar-refractivity contribution in [3.8, 4) is 5.75 Å². The fourth-order valence-corrected chi connectivity index (χ4v) is 2.16. The van der Waals surface area contributed by atoms with Crippen molar-refractivity contribution in [1.29, 1.82) is 0 Å². The second-order valence-electron chi connectivity index (χ2n) is 4.16. The van der Waals surface area contributed by atoms with Crippen LogP contribution >= 0.6 is 11.3 Å². The largest absolute Gasteiger partial charge is 0.573 e. The molecule has 1 aromatic heterocycles. The Kier molecular flexibility index (Phi) is 4.81. The number of thiazole rings is 1. The van der Waals surface area contributed by atoms with Crippen LogP contribution < -0.4 is 10.1 Å². The molecule has 0 spiro atoms. The fraction of sp³-hybridized carbons (Fsp3) is 0.143. The summed E-state index contributed by atoms with van der Waals surface area (Å²) in [6.45, 7) is 1.83. The van der Waals surface area contributed by atoms with Gasteiger partial charge in [-0.15, -0.1) is 24.5 Å². The maximum Gasteiger partial charge on any atom is 0.573 e. The molecule has 2 aromatic rings. The highest BCUT2D eigenvalue weighted by molar-refractivity contribution is 7.09. The molecule has 8 heteroatoms. The molecule has 1 N–H and O–H groups in total. The molecule has 0 radical (unpaired) electrons. The van der Waals surface area contributed by atoms with Crippen molar-refractivity contribution in [3.05, 3.63) is 46.4 Å². The Morgan fingerprint density at radius 2 is 2.09 bits per heavy atom. The molecular weight excluding hydrogens is 317 g/mol. The van der Waals surface area contributed by atoms with Crippen LogP contribution in [0.15, 0.2) is 35.7 Å². The average Bonchev–Trinajstić information content (AvgIpc) is 2.83. The molecule has 0 aliphatic rings. The van der Waals surface area contributed by atoms with Crippen LogP contribution in [0.1, 0.15) is 10.7 Å². The van der Waals surface area contributed by atoms with E-state index in [0.717, 1.165) is 11.1 Å². The number of aromatic nitrogens is 1. The first-order valence-electron chi connectivity index (χ1n) is 6.09. The highest BCUT2D eigenvalue weighted by Gasteiger charge is 2.32. The van der Waals surface area contributed by atoms with Crippen molar-refractivity contribution in [2.45, 2.75) is 13.3 Å². The SMILES string of the molecule is Cc1nc(/C=C/C(=O)Nc2ccccc2OC(F)(F)F)cs1. The number of carbonyl (C=O) groups excluding carboxylic acids is 1. The number of halogens is 3. The number of para-hydroxylation sites is 2. The third-order valence-electron chi connectivity index (χ3n) is 2.41. The van der Waals surface area contributed by atoms with Gasteiger partial charge in [0.05, 0.1) is 16.4 Å². The van der Waals surface area contributed by atoms with E-state index in [1.807, 2.05) is 6.92 Å². The number of carbonyl (C=O) groups is 1. The lowest BCUT2D eigenvalue weighted by Crippen LogP contribution is -2.19. The summed E-state index contributed by atoms with van der Waals surface area (Å²) < 4.78 is 40.7. The first-order valence-corrected chi connectivity index (χ1v) is 6.97. The summed E-state index contributed by atoms with van der Waals surface area (Å²) in [5.41, 5.74) is 0.543. The minimum atomic E-state index is -4.82. The number of aryl methyl sites for hydroxylation is 1. The molecule has 1 heterocycles. The van der Waals surface area contributed by atoms with E-state index in [2.05, 4.69) is 15.0 Å². The van der Waals surface area contributed by atoms with Crippen molar-refractivity contribution in [3.63, 3.8) is 0 Å². The number of ether oxygens (including phenoxy) is 1. The molecule has 2 rings (SSSR count). The zero-order chi connectivity index (χ0) is 16.2. The van der Waals surface area contributed by atoms with Crippen LogP contribution in [0.25, 0.3) is 6.08 Å². The molecule has 0 aliphatic carbocycles. The molecule has 0 aliphatic heterocycles. The van der Waals surface area contributed by atoms with Crippen LogP contribution in [0.3, 0.4) is 0 Å². The van der Waals surface area contributed by atoms with Gasteiger partial charge in [-0.25, -0.2) is 4.98 Å². The van der Waals surface area contributed by atoms with Crippen LogP contribution in [-0.2, 0) is 4.79 Å². The Balaban J connectivity index is 2.07. The number of rotatable bonds is 4. The quantitative estimate of drug-likeness (QED) is 0.863. The normalized spacial score (nSPS) is 11.6. The summed E-state index contributed by atoms with van der Waals surface area (Å²) in [6, 6.07) is 5.31. The van der Waals surface area contributed by atoms with Crippen LogP contribution in [0.2, 0.25) is 0 Å². The zero-order valence-corrected chi connectivity index (χ0v) is 12.2. The minimum absolute atomic E-state index is 0.0658. The number of nitrogens with zero attached hydrogens (tertiary/aromatic N) is 1. The van der Waals surface area contributed by atoms with Gasteiger partial charge in [0, 0.05) is 11.5 Å². The fourth-order valence-electron chi connectivity index (χ4n) is 1.58. The van der Waals surface area contributed by atoms with Crippen molar-refractivity contribution in [2.24, 2.45) is 0 Å². The van der Waals surface area contributed by atoms with E-state index >= 15 is 0 Å². The van der Waals surface area contributed by atoms with E-state index in [-0.39, 0.29) is 5.69 Å². The summed E-state index contributed by atoms with van der Waals surface area (Å²) in [5, 5.41) is 4.95. The molecule has 0 atom stereocenters. The Morgan fingerprint density at radius 1 is 1.36 bits per heavy atom. The predicted octanol–water partition coefficient (Wildman–Crippen LogP) is 4.00. The zero-order valence-electron chi connectivity index (χ0n) is 11.3. The number of hydrogen-bond acceptors (Lipinski definition) is 4.